The summed E-state index contributed by atoms with van der Waals surface area (Å²) in [6.45, 7) is 1.96. The molecule has 18 heavy (non-hydrogen) atoms. The van der Waals surface area contributed by atoms with Gasteiger partial charge in [0.15, 0.2) is 0 Å². The number of hydrogen-bond donors (Lipinski definition) is 2. The van der Waals surface area contributed by atoms with E-state index in [-0.39, 0.29) is 0 Å². The Bertz CT molecular complexity index is 353. The van der Waals surface area contributed by atoms with E-state index >= 15 is 0 Å². The van der Waals surface area contributed by atoms with Crippen molar-refractivity contribution < 1.29 is 9.84 Å². The summed E-state index contributed by atoms with van der Waals surface area (Å²) in [7, 11) is 1.68. The molecule has 1 fully saturated rings. The minimum absolute atomic E-state index is 0.483. The smallest absolute Gasteiger partial charge is 0.118 e. The molecule has 2 N–H and O–H groups in total. The number of methoxy groups -OCH3 is 1. The van der Waals surface area contributed by atoms with Crippen LogP contribution in [0.5, 0.6) is 5.75 Å². The van der Waals surface area contributed by atoms with Crippen LogP contribution in [0.1, 0.15) is 31.2 Å². The van der Waals surface area contributed by atoms with Gasteiger partial charge in [-0.3, -0.25) is 0 Å². The lowest BCUT2D eigenvalue weighted by atomic mass is 9.88. The van der Waals surface area contributed by atoms with Crippen LogP contribution < -0.4 is 10.1 Å². The fourth-order valence-electron chi connectivity index (χ4n) is 2.53. The number of aryl methyl sites for hydroxylation is 1. The van der Waals surface area contributed by atoms with Crippen molar-refractivity contribution in [3.8, 4) is 5.75 Å². The Kier molecular flexibility index (Phi) is 4.61. The molecule has 0 amide bonds. The molecule has 1 aromatic carbocycles. The third-order valence-corrected chi connectivity index (χ3v) is 3.80. The molecule has 1 atom stereocenters. The van der Waals surface area contributed by atoms with Gasteiger partial charge in [-0.1, -0.05) is 12.1 Å². The fourth-order valence-corrected chi connectivity index (χ4v) is 2.53. The van der Waals surface area contributed by atoms with Crippen LogP contribution in [0.25, 0.3) is 0 Å². The number of nitrogens with one attached hydrogen (secondary N) is 1. The lowest BCUT2D eigenvalue weighted by molar-refractivity contribution is 0.0199. The number of ether oxygens (including phenoxy) is 1. The zero-order valence-corrected chi connectivity index (χ0v) is 11.1. The first kappa shape index (κ1) is 13.4. The van der Waals surface area contributed by atoms with Crippen molar-refractivity contribution in [3.63, 3.8) is 0 Å². The quantitative estimate of drug-likeness (QED) is 0.859. The van der Waals surface area contributed by atoms with E-state index in [9.17, 15) is 5.11 Å². The molecule has 100 valence electrons. The monoisotopic (exact) mass is 249 g/mol. The number of hydrogen-bond acceptors (Lipinski definition) is 3. The predicted molar refractivity (Wildman–Crippen MR) is 73.0 cm³/mol. The topological polar surface area (TPSA) is 41.5 Å². The van der Waals surface area contributed by atoms with Crippen molar-refractivity contribution in [1.29, 1.82) is 0 Å². The largest absolute Gasteiger partial charge is 0.497 e. The molecular weight excluding hydrogens is 226 g/mol. The first-order chi connectivity index (χ1) is 8.72. The van der Waals surface area contributed by atoms with E-state index in [2.05, 4.69) is 17.4 Å². The highest BCUT2D eigenvalue weighted by molar-refractivity contribution is 5.27. The van der Waals surface area contributed by atoms with Gasteiger partial charge in [0, 0.05) is 0 Å². The van der Waals surface area contributed by atoms with Crippen LogP contribution in [-0.4, -0.2) is 30.9 Å². The Morgan fingerprint density at radius 3 is 2.72 bits per heavy atom. The summed E-state index contributed by atoms with van der Waals surface area (Å²) in [5.74, 6) is 0.885. The van der Waals surface area contributed by atoms with E-state index in [1.807, 2.05) is 12.1 Å². The zero-order chi connectivity index (χ0) is 12.8. The second kappa shape index (κ2) is 6.21. The summed E-state index contributed by atoms with van der Waals surface area (Å²) in [4.78, 5) is 0. The van der Waals surface area contributed by atoms with Gasteiger partial charge in [0.1, 0.15) is 5.75 Å². The molecule has 1 aliphatic heterocycles. The second-order valence-electron chi connectivity index (χ2n) is 5.18. The lowest BCUT2D eigenvalue weighted by Gasteiger charge is -2.26. The van der Waals surface area contributed by atoms with Crippen molar-refractivity contribution in [3.05, 3.63) is 29.8 Å². The van der Waals surface area contributed by atoms with Crippen molar-refractivity contribution in [2.24, 2.45) is 0 Å². The van der Waals surface area contributed by atoms with Crippen LogP contribution >= 0.6 is 0 Å². The Balaban J connectivity index is 1.88. The van der Waals surface area contributed by atoms with Gasteiger partial charge in [0.2, 0.25) is 0 Å². The SMILES string of the molecule is COc1ccc(CCC2(O)CCCNCC2)cc1. The first-order valence-electron chi connectivity index (χ1n) is 6.78. The average Bonchev–Trinajstić information content (AvgIpc) is 2.62. The number of rotatable bonds is 4. The van der Waals surface area contributed by atoms with Crippen LogP contribution in [0.15, 0.2) is 24.3 Å². The lowest BCUT2D eigenvalue weighted by Crippen LogP contribution is -2.30. The summed E-state index contributed by atoms with van der Waals surface area (Å²) < 4.78 is 5.14. The minimum Gasteiger partial charge on any atom is -0.497 e. The van der Waals surface area contributed by atoms with E-state index in [0.29, 0.717) is 0 Å². The van der Waals surface area contributed by atoms with E-state index < -0.39 is 5.60 Å². The third-order valence-electron chi connectivity index (χ3n) is 3.80. The van der Waals surface area contributed by atoms with Crippen molar-refractivity contribution in [2.45, 2.75) is 37.7 Å². The average molecular weight is 249 g/mol. The first-order valence-corrected chi connectivity index (χ1v) is 6.78. The molecule has 0 bridgehead atoms. The van der Waals surface area contributed by atoms with Gasteiger partial charge < -0.3 is 15.2 Å². The van der Waals surface area contributed by atoms with Crippen LogP contribution in [0.3, 0.4) is 0 Å². The summed E-state index contributed by atoms with van der Waals surface area (Å²) in [5, 5.41) is 13.9. The molecule has 2 rings (SSSR count). The number of benzene rings is 1. The van der Waals surface area contributed by atoms with Crippen LogP contribution in [-0.2, 0) is 6.42 Å². The molecule has 0 saturated carbocycles. The van der Waals surface area contributed by atoms with E-state index in [4.69, 9.17) is 4.74 Å². The van der Waals surface area contributed by atoms with Gasteiger partial charge in [0.05, 0.1) is 12.7 Å². The third kappa shape index (κ3) is 3.72. The maximum atomic E-state index is 10.5. The Hall–Kier alpha value is -1.06. The molecule has 1 aromatic rings. The molecule has 0 aliphatic carbocycles. The molecule has 3 nitrogen and oxygen atoms in total. The molecule has 1 saturated heterocycles. The Labute approximate surface area is 109 Å². The van der Waals surface area contributed by atoms with Gasteiger partial charge in [0.25, 0.3) is 0 Å². The molecule has 0 aromatic heterocycles. The van der Waals surface area contributed by atoms with Gasteiger partial charge in [-0.05, 0) is 62.9 Å². The maximum absolute atomic E-state index is 10.5. The minimum atomic E-state index is -0.483. The highest BCUT2D eigenvalue weighted by Gasteiger charge is 2.27. The Morgan fingerprint density at radius 2 is 2.00 bits per heavy atom. The van der Waals surface area contributed by atoms with E-state index in [1.165, 1.54) is 5.56 Å². The summed E-state index contributed by atoms with van der Waals surface area (Å²) in [5.41, 5.74) is 0.783. The van der Waals surface area contributed by atoms with Crippen molar-refractivity contribution in [2.75, 3.05) is 20.2 Å². The summed E-state index contributed by atoms with van der Waals surface area (Å²) in [6.07, 6.45) is 4.62. The standard InChI is InChI=1S/C15H23NO2/c1-18-14-5-3-13(4-6-14)7-9-15(17)8-2-11-16-12-10-15/h3-6,16-17H,2,7-12H2,1H3. The van der Waals surface area contributed by atoms with Gasteiger partial charge in [-0.2, -0.15) is 0 Å². The zero-order valence-electron chi connectivity index (χ0n) is 11.1. The molecule has 0 radical (unpaired) electrons. The molecular formula is C15H23NO2. The highest BCUT2D eigenvalue weighted by atomic mass is 16.5. The van der Waals surface area contributed by atoms with Crippen LogP contribution in [0.4, 0.5) is 0 Å². The molecule has 1 unspecified atom stereocenters. The molecule has 3 heteroatoms. The molecule has 1 heterocycles. The van der Waals surface area contributed by atoms with E-state index in [1.54, 1.807) is 7.11 Å². The van der Waals surface area contributed by atoms with Crippen LogP contribution in [0, 0.1) is 0 Å². The van der Waals surface area contributed by atoms with Gasteiger partial charge in [-0.15, -0.1) is 0 Å². The maximum Gasteiger partial charge on any atom is 0.118 e. The van der Waals surface area contributed by atoms with Crippen LogP contribution in [0.2, 0.25) is 0 Å². The number of aliphatic hydroxyl groups is 1. The van der Waals surface area contributed by atoms with Gasteiger partial charge >= 0.3 is 0 Å². The summed E-state index contributed by atoms with van der Waals surface area (Å²) >= 11 is 0. The second-order valence-corrected chi connectivity index (χ2v) is 5.18. The molecule has 1 aliphatic rings. The summed E-state index contributed by atoms with van der Waals surface area (Å²) in [6, 6.07) is 8.12. The van der Waals surface area contributed by atoms with E-state index in [0.717, 1.165) is 50.9 Å². The normalized spacial score (nSPS) is 24.6. The molecule has 0 spiro atoms. The highest BCUT2D eigenvalue weighted by Crippen LogP contribution is 2.25. The predicted octanol–water partition coefficient (Wildman–Crippen LogP) is 2.13. The Morgan fingerprint density at radius 1 is 1.22 bits per heavy atom. The van der Waals surface area contributed by atoms with Crippen molar-refractivity contribution >= 4 is 0 Å². The fraction of sp³-hybridized carbons (Fsp3) is 0.600. The van der Waals surface area contributed by atoms with Crippen molar-refractivity contribution in [1.82, 2.24) is 5.32 Å². The van der Waals surface area contributed by atoms with Gasteiger partial charge in [-0.25, -0.2) is 0 Å².